The molecule has 0 aromatic heterocycles. The van der Waals surface area contributed by atoms with Crippen molar-refractivity contribution in [3.63, 3.8) is 0 Å². The van der Waals surface area contributed by atoms with Crippen LogP contribution < -0.4 is 11.1 Å². The number of hydrogen-bond acceptors (Lipinski definition) is 4. The van der Waals surface area contributed by atoms with Gasteiger partial charge in [0.1, 0.15) is 17.1 Å². The number of anilines is 1. The van der Waals surface area contributed by atoms with Crippen molar-refractivity contribution in [1.82, 2.24) is 5.32 Å². The average molecular weight is 293 g/mol. The Morgan fingerprint density at radius 1 is 1.48 bits per heavy atom. The van der Waals surface area contributed by atoms with Gasteiger partial charge in [-0.25, -0.2) is 4.39 Å². The van der Waals surface area contributed by atoms with E-state index in [0.717, 1.165) is 25.0 Å². The van der Waals surface area contributed by atoms with E-state index in [1.807, 2.05) is 0 Å². The molecule has 0 radical (unpaired) electrons. The van der Waals surface area contributed by atoms with Crippen LogP contribution in [-0.2, 0) is 0 Å². The minimum Gasteiger partial charge on any atom is -0.392 e. The van der Waals surface area contributed by atoms with Gasteiger partial charge in [0, 0.05) is 12.6 Å². The van der Waals surface area contributed by atoms with Crippen molar-refractivity contribution in [2.75, 3.05) is 12.3 Å². The molecule has 0 aliphatic heterocycles. The van der Waals surface area contributed by atoms with E-state index in [1.165, 1.54) is 12.8 Å². The van der Waals surface area contributed by atoms with Gasteiger partial charge < -0.3 is 11.1 Å². The molecule has 21 heavy (non-hydrogen) atoms. The number of rotatable bonds is 5. The van der Waals surface area contributed by atoms with Crippen LogP contribution in [0.5, 0.6) is 0 Å². The van der Waals surface area contributed by atoms with Crippen molar-refractivity contribution < 1.29 is 14.1 Å². The monoisotopic (exact) mass is 293 g/mol. The minimum atomic E-state index is -0.841. The second-order valence-corrected chi connectivity index (χ2v) is 5.93. The molecule has 6 nitrogen and oxygen atoms in total. The SMILES string of the molecule is Nc1c([N+](=O)[O-])ccc(F)c1C(=O)NCC1(C2CC2)CC1. The van der Waals surface area contributed by atoms with Crippen molar-refractivity contribution in [3.8, 4) is 0 Å². The topological polar surface area (TPSA) is 98.3 Å². The highest BCUT2D eigenvalue weighted by Gasteiger charge is 2.53. The molecule has 2 saturated carbocycles. The largest absolute Gasteiger partial charge is 0.392 e. The van der Waals surface area contributed by atoms with Crippen molar-refractivity contribution >= 4 is 17.3 Å². The van der Waals surface area contributed by atoms with Crippen LogP contribution in [0.2, 0.25) is 0 Å². The summed E-state index contributed by atoms with van der Waals surface area (Å²) in [4.78, 5) is 22.2. The first kappa shape index (κ1) is 13.8. The normalized spacial score (nSPS) is 19.1. The summed E-state index contributed by atoms with van der Waals surface area (Å²) in [6, 6.07) is 1.87. The third kappa shape index (κ3) is 2.43. The number of nitrogens with zero attached hydrogens (tertiary/aromatic N) is 1. The summed E-state index contributed by atoms with van der Waals surface area (Å²) in [6.45, 7) is 0.484. The lowest BCUT2D eigenvalue weighted by atomic mass is 10.0. The number of nitro benzene ring substituents is 1. The Balaban J connectivity index is 1.77. The van der Waals surface area contributed by atoms with E-state index >= 15 is 0 Å². The average Bonchev–Trinajstić information content (AvgIpc) is 3.27. The Kier molecular flexibility index (Phi) is 3.07. The van der Waals surface area contributed by atoms with E-state index in [2.05, 4.69) is 5.32 Å². The lowest BCUT2D eigenvalue weighted by molar-refractivity contribution is -0.384. The van der Waals surface area contributed by atoms with Crippen LogP contribution in [0, 0.1) is 27.3 Å². The molecule has 2 aliphatic carbocycles. The maximum absolute atomic E-state index is 13.8. The summed E-state index contributed by atoms with van der Waals surface area (Å²) in [7, 11) is 0. The third-order valence-electron chi connectivity index (χ3n) is 4.53. The maximum atomic E-state index is 13.8. The number of benzene rings is 1. The molecule has 3 rings (SSSR count). The summed E-state index contributed by atoms with van der Waals surface area (Å²) in [5.74, 6) is -0.863. The Morgan fingerprint density at radius 3 is 2.67 bits per heavy atom. The minimum absolute atomic E-state index is 0.168. The van der Waals surface area contributed by atoms with Crippen LogP contribution in [0.3, 0.4) is 0 Å². The van der Waals surface area contributed by atoms with Gasteiger partial charge in [-0.2, -0.15) is 0 Å². The molecule has 0 saturated heterocycles. The number of nitrogen functional groups attached to an aromatic ring is 1. The van der Waals surface area contributed by atoms with Gasteiger partial charge in [0.05, 0.1) is 4.92 Å². The quantitative estimate of drug-likeness (QED) is 0.494. The predicted molar refractivity (Wildman–Crippen MR) is 74.2 cm³/mol. The van der Waals surface area contributed by atoms with Gasteiger partial charge in [-0.05, 0) is 43.1 Å². The van der Waals surface area contributed by atoms with Crippen LogP contribution in [0.1, 0.15) is 36.0 Å². The van der Waals surface area contributed by atoms with Crippen molar-refractivity contribution in [2.24, 2.45) is 11.3 Å². The highest BCUT2D eigenvalue weighted by Crippen LogP contribution is 2.60. The fourth-order valence-electron chi connectivity index (χ4n) is 2.90. The zero-order valence-electron chi connectivity index (χ0n) is 11.4. The summed E-state index contributed by atoms with van der Waals surface area (Å²) in [5, 5.41) is 13.5. The smallest absolute Gasteiger partial charge is 0.293 e. The summed E-state index contributed by atoms with van der Waals surface area (Å²) in [5.41, 5.74) is 4.43. The van der Waals surface area contributed by atoms with E-state index in [0.29, 0.717) is 12.5 Å². The summed E-state index contributed by atoms with van der Waals surface area (Å²) >= 11 is 0. The van der Waals surface area contributed by atoms with Crippen molar-refractivity contribution in [1.29, 1.82) is 0 Å². The third-order valence-corrected chi connectivity index (χ3v) is 4.53. The zero-order valence-corrected chi connectivity index (χ0v) is 11.4. The van der Waals surface area contributed by atoms with Gasteiger partial charge in [-0.1, -0.05) is 0 Å². The lowest BCUT2D eigenvalue weighted by Gasteiger charge is -2.15. The van der Waals surface area contributed by atoms with Crippen LogP contribution in [0.4, 0.5) is 15.8 Å². The van der Waals surface area contributed by atoms with E-state index < -0.39 is 33.6 Å². The molecule has 0 unspecified atom stereocenters. The zero-order chi connectivity index (χ0) is 15.2. The van der Waals surface area contributed by atoms with Crippen LogP contribution in [0.15, 0.2) is 12.1 Å². The Hall–Kier alpha value is -2.18. The first-order chi connectivity index (χ1) is 9.94. The standard InChI is InChI=1S/C14H16FN3O3/c15-9-3-4-10(18(20)21)12(16)11(9)13(19)17-7-14(5-6-14)8-1-2-8/h3-4,8H,1-2,5-7,16H2,(H,17,19). The molecule has 1 amide bonds. The molecule has 2 aliphatic rings. The molecule has 1 aromatic rings. The summed E-state index contributed by atoms with van der Waals surface area (Å²) in [6.07, 6.45) is 4.52. The molecule has 7 heteroatoms. The van der Waals surface area contributed by atoms with Gasteiger partial charge in [0.15, 0.2) is 0 Å². The second kappa shape index (κ2) is 4.68. The fraction of sp³-hybridized carbons (Fsp3) is 0.500. The Morgan fingerprint density at radius 2 is 2.14 bits per heavy atom. The predicted octanol–water partition coefficient (Wildman–Crippen LogP) is 2.24. The van der Waals surface area contributed by atoms with Gasteiger partial charge in [-0.3, -0.25) is 14.9 Å². The van der Waals surface area contributed by atoms with Gasteiger partial charge >= 0.3 is 0 Å². The number of halogens is 1. The van der Waals surface area contributed by atoms with E-state index in [-0.39, 0.29) is 5.41 Å². The maximum Gasteiger partial charge on any atom is 0.293 e. The molecular formula is C14H16FN3O3. The molecule has 1 aromatic carbocycles. The number of carbonyl (C=O) groups excluding carboxylic acids is 1. The highest BCUT2D eigenvalue weighted by molar-refractivity contribution is 6.01. The molecule has 0 bridgehead atoms. The fourth-order valence-corrected chi connectivity index (χ4v) is 2.90. The molecule has 0 spiro atoms. The van der Waals surface area contributed by atoms with E-state index in [4.69, 9.17) is 5.73 Å². The van der Waals surface area contributed by atoms with E-state index in [9.17, 15) is 19.3 Å². The van der Waals surface area contributed by atoms with Crippen molar-refractivity contribution in [2.45, 2.75) is 25.7 Å². The number of nitrogens with two attached hydrogens (primary N) is 1. The first-order valence-electron chi connectivity index (χ1n) is 6.95. The molecule has 3 N–H and O–H groups in total. The van der Waals surface area contributed by atoms with Gasteiger partial charge in [-0.15, -0.1) is 0 Å². The number of hydrogen-bond donors (Lipinski definition) is 2. The number of amides is 1. The number of carbonyl (C=O) groups is 1. The second-order valence-electron chi connectivity index (χ2n) is 5.93. The van der Waals surface area contributed by atoms with E-state index in [1.54, 1.807) is 0 Å². The number of nitro groups is 1. The molecule has 2 fully saturated rings. The molecule has 0 atom stereocenters. The Labute approximate surface area is 120 Å². The molecule has 0 heterocycles. The Bertz CT molecular complexity index is 624. The molecule has 112 valence electrons. The van der Waals surface area contributed by atoms with Gasteiger partial charge in [0.25, 0.3) is 11.6 Å². The number of nitrogens with one attached hydrogen (secondary N) is 1. The highest BCUT2D eigenvalue weighted by atomic mass is 19.1. The lowest BCUT2D eigenvalue weighted by Crippen LogP contribution is -2.32. The summed E-state index contributed by atoms with van der Waals surface area (Å²) < 4.78 is 13.8. The van der Waals surface area contributed by atoms with Gasteiger partial charge in [0.2, 0.25) is 0 Å². The van der Waals surface area contributed by atoms with Crippen LogP contribution in [0.25, 0.3) is 0 Å². The van der Waals surface area contributed by atoms with Crippen LogP contribution in [-0.4, -0.2) is 17.4 Å². The van der Waals surface area contributed by atoms with Crippen molar-refractivity contribution in [3.05, 3.63) is 33.6 Å². The first-order valence-corrected chi connectivity index (χ1v) is 6.95. The molecular weight excluding hydrogens is 277 g/mol. The van der Waals surface area contributed by atoms with Crippen LogP contribution >= 0.6 is 0 Å².